The van der Waals surface area contributed by atoms with Crippen LogP contribution in [-0.2, 0) is 10.0 Å². The maximum Gasteiger partial charge on any atom is 0.243 e. The second-order valence-corrected chi connectivity index (χ2v) is 8.71. The summed E-state index contributed by atoms with van der Waals surface area (Å²) in [6.45, 7) is 3.22. The van der Waals surface area contributed by atoms with Crippen LogP contribution in [0.25, 0.3) is 5.82 Å². The first-order valence-electron chi connectivity index (χ1n) is 9.33. The molecule has 11 heteroatoms. The van der Waals surface area contributed by atoms with Gasteiger partial charge < -0.3 is 9.64 Å². The molecule has 0 bridgehead atoms. The second kappa shape index (κ2) is 8.00. The molecule has 0 atom stereocenters. The van der Waals surface area contributed by atoms with Crippen molar-refractivity contribution in [3.8, 4) is 11.6 Å². The minimum absolute atomic E-state index is 0.00545. The molecule has 158 valence electrons. The Kier molecular flexibility index (Phi) is 5.39. The van der Waals surface area contributed by atoms with Crippen molar-refractivity contribution in [1.82, 2.24) is 24.1 Å². The van der Waals surface area contributed by atoms with E-state index in [9.17, 15) is 12.8 Å². The van der Waals surface area contributed by atoms with Gasteiger partial charge in [0.2, 0.25) is 10.0 Å². The molecule has 1 aliphatic heterocycles. The number of ether oxygens (including phenoxy) is 1. The molecule has 4 rings (SSSR count). The minimum atomic E-state index is -3.80. The number of nitrogens with zero attached hydrogens (tertiary/aromatic N) is 6. The van der Waals surface area contributed by atoms with E-state index in [1.807, 2.05) is 17.0 Å². The molecule has 9 nitrogen and oxygen atoms in total. The summed E-state index contributed by atoms with van der Waals surface area (Å²) >= 11 is 0. The predicted octanol–water partition coefficient (Wildman–Crippen LogP) is 1.63. The fraction of sp³-hybridized carbons (Fsp3) is 0.316. The Hall–Kier alpha value is -3.05. The van der Waals surface area contributed by atoms with E-state index in [0.717, 1.165) is 6.07 Å². The van der Waals surface area contributed by atoms with Gasteiger partial charge in [-0.1, -0.05) is 0 Å². The van der Waals surface area contributed by atoms with Crippen LogP contribution < -0.4 is 9.64 Å². The highest BCUT2D eigenvalue weighted by molar-refractivity contribution is 7.89. The maximum absolute atomic E-state index is 14.0. The van der Waals surface area contributed by atoms with E-state index in [1.165, 1.54) is 23.5 Å². The molecule has 1 aromatic carbocycles. The van der Waals surface area contributed by atoms with Crippen molar-refractivity contribution >= 4 is 15.8 Å². The summed E-state index contributed by atoms with van der Waals surface area (Å²) in [5, 5.41) is 4.19. The molecule has 0 unspecified atom stereocenters. The average Bonchev–Trinajstić information content (AvgIpc) is 3.28. The van der Waals surface area contributed by atoms with Gasteiger partial charge in [-0.3, -0.25) is 0 Å². The quantitative estimate of drug-likeness (QED) is 0.605. The number of halogens is 1. The summed E-state index contributed by atoms with van der Waals surface area (Å²) in [6.07, 6.45) is 3.47. The lowest BCUT2D eigenvalue weighted by molar-refractivity contribution is 0.379. The van der Waals surface area contributed by atoms with Crippen molar-refractivity contribution in [2.24, 2.45) is 0 Å². The Balaban J connectivity index is 1.51. The second-order valence-electron chi connectivity index (χ2n) is 6.77. The monoisotopic (exact) mass is 432 g/mol. The van der Waals surface area contributed by atoms with E-state index in [4.69, 9.17) is 4.74 Å². The first-order chi connectivity index (χ1) is 14.4. The van der Waals surface area contributed by atoms with Crippen molar-refractivity contribution in [2.75, 3.05) is 38.2 Å². The summed E-state index contributed by atoms with van der Waals surface area (Å²) in [5.74, 6) is 1.25. The predicted molar refractivity (Wildman–Crippen MR) is 108 cm³/mol. The Morgan fingerprint density at radius 1 is 1.07 bits per heavy atom. The molecular formula is C19H21FN6O3S. The fourth-order valence-electron chi connectivity index (χ4n) is 3.33. The molecule has 0 aliphatic carbocycles. The van der Waals surface area contributed by atoms with Crippen molar-refractivity contribution in [2.45, 2.75) is 11.8 Å². The Labute approximate surface area is 173 Å². The molecule has 2 aromatic heterocycles. The number of anilines is 1. The van der Waals surface area contributed by atoms with Gasteiger partial charge in [-0.25, -0.2) is 27.5 Å². The zero-order valence-corrected chi connectivity index (χ0v) is 17.4. The molecule has 0 saturated carbocycles. The number of rotatable bonds is 5. The van der Waals surface area contributed by atoms with Crippen LogP contribution in [0.4, 0.5) is 10.2 Å². The SMILES string of the molecule is COc1ccc(S(=O)(=O)N2CCN(c3cc(-n4cccn4)nc(C)n3)CC2)cc1F. The van der Waals surface area contributed by atoms with Crippen LogP contribution in [0.2, 0.25) is 0 Å². The molecular weight excluding hydrogens is 411 g/mol. The minimum Gasteiger partial charge on any atom is -0.494 e. The number of benzene rings is 1. The van der Waals surface area contributed by atoms with Gasteiger partial charge >= 0.3 is 0 Å². The highest BCUT2D eigenvalue weighted by Crippen LogP contribution is 2.25. The molecule has 1 fully saturated rings. The van der Waals surface area contributed by atoms with E-state index in [0.29, 0.717) is 30.5 Å². The van der Waals surface area contributed by atoms with Crippen LogP contribution in [0.3, 0.4) is 0 Å². The number of piperazine rings is 1. The highest BCUT2D eigenvalue weighted by atomic mass is 32.2. The van der Waals surface area contributed by atoms with Crippen molar-refractivity contribution < 1.29 is 17.5 Å². The molecule has 0 N–H and O–H groups in total. The van der Waals surface area contributed by atoms with Crippen molar-refractivity contribution in [3.63, 3.8) is 0 Å². The van der Waals surface area contributed by atoms with Crippen LogP contribution in [0, 0.1) is 12.7 Å². The van der Waals surface area contributed by atoms with E-state index in [-0.39, 0.29) is 23.7 Å². The molecule has 1 aliphatic rings. The van der Waals surface area contributed by atoms with E-state index in [1.54, 1.807) is 24.0 Å². The Morgan fingerprint density at radius 3 is 2.43 bits per heavy atom. The number of aryl methyl sites for hydroxylation is 1. The van der Waals surface area contributed by atoms with Gasteiger partial charge in [0.05, 0.1) is 12.0 Å². The molecule has 30 heavy (non-hydrogen) atoms. The third-order valence-corrected chi connectivity index (χ3v) is 6.77. The number of methoxy groups -OCH3 is 1. The number of sulfonamides is 1. The van der Waals surface area contributed by atoms with Gasteiger partial charge in [0.1, 0.15) is 11.6 Å². The lowest BCUT2D eigenvalue weighted by atomic mass is 10.3. The third-order valence-electron chi connectivity index (χ3n) is 4.87. The largest absolute Gasteiger partial charge is 0.494 e. The molecule has 1 saturated heterocycles. The fourth-order valence-corrected chi connectivity index (χ4v) is 4.77. The van der Waals surface area contributed by atoms with Gasteiger partial charge in [-0.05, 0) is 31.2 Å². The third kappa shape index (κ3) is 3.85. The topological polar surface area (TPSA) is 93.5 Å². The van der Waals surface area contributed by atoms with E-state index < -0.39 is 15.8 Å². The summed E-state index contributed by atoms with van der Waals surface area (Å²) in [6, 6.07) is 7.29. The van der Waals surface area contributed by atoms with Gasteiger partial charge in [-0.2, -0.15) is 9.40 Å². The molecule has 3 heterocycles. The smallest absolute Gasteiger partial charge is 0.243 e. The zero-order chi connectivity index (χ0) is 21.3. The van der Waals surface area contributed by atoms with Gasteiger partial charge in [0.25, 0.3) is 0 Å². The molecule has 0 radical (unpaired) electrons. The van der Waals surface area contributed by atoms with E-state index >= 15 is 0 Å². The summed E-state index contributed by atoms with van der Waals surface area (Å²) in [7, 11) is -2.47. The van der Waals surface area contributed by atoms with Crippen LogP contribution in [-0.4, -0.2) is 65.8 Å². The van der Waals surface area contributed by atoms with Crippen LogP contribution >= 0.6 is 0 Å². The van der Waals surface area contributed by atoms with Crippen molar-refractivity contribution in [3.05, 3.63) is 54.4 Å². The average molecular weight is 432 g/mol. The summed E-state index contributed by atoms with van der Waals surface area (Å²) < 4.78 is 47.7. The van der Waals surface area contributed by atoms with Crippen LogP contribution in [0.1, 0.15) is 5.82 Å². The number of aromatic nitrogens is 4. The molecule has 0 amide bonds. The maximum atomic E-state index is 14.0. The Bertz CT molecular complexity index is 1150. The van der Waals surface area contributed by atoms with Gasteiger partial charge in [0.15, 0.2) is 17.4 Å². The van der Waals surface area contributed by atoms with Crippen LogP contribution in [0.5, 0.6) is 5.75 Å². The first kappa shape index (κ1) is 20.2. The van der Waals surface area contributed by atoms with Gasteiger partial charge in [0, 0.05) is 44.6 Å². The summed E-state index contributed by atoms with van der Waals surface area (Å²) in [4.78, 5) is 10.8. The molecule has 3 aromatic rings. The molecule has 0 spiro atoms. The lowest BCUT2D eigenvalue weighted by Gasteiger charge is -2.34. The summed E-state index contributed by atoms with van der Waals surface area (Å²) in [5.41, 5.74) is 0. The lowest BCUT2D eigenvalue weighted by Crippen LogP contribution is -2.49. The van der Waals surface area contributed by atoms with Crippen LogP contribution in [0.15, 0.2) is 47.6 Å². The zero-order valence-electron chi connectivity index (χ0n) is 16.6. The Morgan fingerprint density at radius 2 is 1.80 bits per heavy atom. The van der Waals surface area contributed by atoms with Crippen molar-refractivity contribution in [1.29, 1.82) is 0 Å². The number of hydrogen-bond acceptors (Lipinski definition) is 7. The standard InChI is InChI=1S/C19H21FN6O3S/c1-14-22-18(13-19(23-14)26-7-3-6-21-26)24-8-10-25(11-9-24)30(27,28)15-4-5-17(29-2)16(20)12-15/h3-7,12-13H,8-11H2,1-2H3. The first-order valence-corrected chi connectivity index (χ1v) is 10.8. The number of hydrogen-bond donors (Lipinski definition) is 0. The normalized spacial score (nSPS) is 15.4. The highest BCUT2D eigenvalue weighted by Gasteiger charge is 2.30. The van der Waals surface area contributed by atoms with Gasteiger partial charge in [-0.15, -0.1) is 0 Å². The van der Waals surface area contributed by atoms with E-state index in [2.05, 4.69) is 15.1 Å².